The normalized spacial score (nSPS) is 39.9. The first-order valence-corrected chi connectivity index (χ1v) is 6.54. The molecule has 0 aromatic carbocycles. The molecule has 2 heteroatoms. The number of oxime groups is 1. The van der Waals surface area contributed by atoms with E-state index in [2.05, 4.69) is 38.1 Å². The van der Waals surface area contributed by atoms with Gasteiger partial charge in [0.15, 0.2) is 0 Å². The average molecular weight is 221 g/mol. The topological polar surface area (TPSA) is 32.6 Å². The molecule has 0 aromatic heterocycles. The van der Waals surface area contributed by atoms with Crippen LogP contribution in [0.5, 0.6) is 0 Å². The summed E-state index contributed by atoms with van der Waals surface area (Å²) in [6.07, 6.45) is 9.23. The Hall–Kier alpha value is -0.790. The summed E-state index contributed by atoms with van der Waals surface area (Å²) in [6.45, 7) is 6.71. The molecule has 0 saturated heterocycles. The fourth-order valence-electron chi connectivity index (χ4n) is 3.73. The van der Waals surface area contributed by atoms with Crippen molar-refractivity contribution in [3.8, 4) is 0 Å². The van der Waals surface area contributed by atoms with Crippen LogP contribution in [0.15, 0.2) is 17.3 Å². The minimum atomic E-state index is 0.197. The van der Waals surface area contributed by atoms with Crippen LogP contribution in [0.25, 0.3) is 0 Å². The van der Waals surface area contributed by atoms with Crippen molar-refractivity contribution in [1.82, 2.24) is 0 Å². The zero-order valence-corrected chi connectivity index (χ0v) is 10.6. The first kappa shape index (κ1) is 11.7. The van der Waals surface area contributed by atoms with Crippen LogP contribution in [0, 0.1) is 23.2 Å². The van der Waals surface area contributed by atoms with E-state index >= 15 is 0 Å². The van der Waals surface area contributed by atoms with Crippen LogP contribution in [0.1, 0.15) is 46.5 Å². The van der Waals surface area contributed by atoms with Crippen LogP contribution < -0.4 is 0 Å². The van der Waals surface area contributed by atoms with E-state index in [0.29, 0.717) is 17.8 Å². The molecule has 0 spiro atoms. The lowest BCUT2D eigenvalue weighted by atomic mass is 9.46. The molecule has 0 radical (unpaired) electrons. The van der Waals surface area contributed by atoms with Crippen LogP contribution in [0.2, 0.25) is 0 Å². The van der Waals surface area contributed by atoms with Gasteiger partial charge in [-0.05, 0) is 37.5 Å². The first-order valence-electron chi connectivity index (χ1n) is 6.54. The van der Waals surface area contributed by atoms with Gasteiger partial charge in [0.1, 0.15) is 0 Å². The summed E-state index contributed by atoms with van der Waals surface area (Å²) in [4.78, 5) is 0. The van der Waals surface area contributed by atoms with E-state index < -0.39 is 0 Å². The zero-order valence-electron chi connectivity index (χ0n) is 10.6. The van der Waals surface area contributed by atoms with Crippen molar-refractivity contribution in [3.05, 3.63) is 12.2 Å². The molecule has 0 amide bonds. The van der Waals surface area contributed by atoms with Crippen molar-refractivity contribution >= 4 is 5.71 Å². The molecule has 2 aliphatic rings. The van der Waals surface area contributed by atoms with Crippen LogP contribution >= 0.6 is 0 Å². The number of allylic oxidation sites excluding steroid dienone is 2. The maximum Gasteiger partial charge on any atom is 0.0675 e. The zero-order chi connectivity index (χ0) is 11.8. The Morgan fingerprint density at radius 3 is 2.88 bits per heavy atom. The fraction of sp³-hybridized carbons (Fsp3) is 0.786. The Morgan fingerprint density at radius 1 is 1.56 bits per heavy atom. The molecule has 3 unspecified atom stereocenters. The van der Waals surface area contributed by atoms with Gasteiger partial charge in [0.05, 0.1) is 5.71 Å². The number of hydrogen-bond donors (Lipinski definition) is 1. The third-order valence-electron chi connectivity index (χ3n) is 4.50. The van der Waals surface area contributed by atoms with Gasteiger partial charge in [-0.25, -0.2) is 0 Å². The summed E-state index contributed by atoms with van der Waals surface area (Å²) >= 11 is 0. The van der Waals surface area contributed by atoms with Crippen LogP contribution in [-0.2, 0) is 0 Å². The standard InChI is InChI=1S/C14H23NO/c1-4-14-8-6-5-7-12(14)11(9-10(2)3)13(14)15-16/h5,7,10-12,16H,4,6,8-9H2,1-3H3/b15-13+. The van der Waals surface area contributed by atoms with Gasteiger partial charge >= 0.3 is 0 Å². The Kier molecular flexibility index (Phi) is 3.09. The molecule has 0 aromatic rings. The Morgan fingerprint density at radius 2 is 2.31 bits per heavy atom. The Labute approximate surface area is 98.4 Å². The van der Waals surface area contributed by atoms with Gasteiger partial charge in [0.2, 0.25) is 0 Å². The molecule has 2 aliphatic carbocycles. The van der Waals surface area contributed by atoms with Crippen molar-refractivity contribution < 1.29 is 5.21 Å². The summed E-state index contributed by atoms with van der Waals surface area (Å²) in [6, 6.07) is 0. The third-order valence-corrected chi connectivity index (χ3v) is 4.50. The van der Waals surface area contributed by atoms with Crippen molar-refractivity contribution in [1.29, 1.82) is 0 Å². The molecule has 0 aliphatic heterocycles. The Bertz CT molecular complexity index is 319. The lowest BCUT2D eigenvalue weighted by molar-refractivity contribution is 0.117. The predicted octanol–water partition coefficient (Wildman–Crippen LogP) is 3.86. The minimum Gasteiger partial charge on any atom is -0.411 e. The van der Waals surface area contributed by atoms with E-state index in [1.807, 2.05) is 0 Å². The van der Waals surface area contributed by atoms with E-state index in [4.69, 9.17) is 0 Å². The van der Waals surface area contributed by atoms with Crippen LogP contribution in [0.4, 0.5) is 0 Å². The van der Waals surface area contributed by atoms with E-state index in [9.17, 15) is 5.21 Å². The van der Waals surface area contributed by atoms with Crippen molar-refractivity contribution in [3.63, 3.8) is 0 Å². The van der Waals surface area contributed by atoms with Gasteiger partial charge in [-0.1, -0.05) is 38.1 Å². The van der Waals surface area contributed by atoms with Crippen molar-refractivity contribution in [2.75, 3.05) is 0 Å². The average Bonchev–Trinajstić information content (AvgIpc) is 2.26. The molecule has 0 heterocycles. The summed E-state index contributed by atoms with van der Waals surface area (Å²) < 4.78 is 0. The van der Waals surface area contributed by atoms with Crippen molar-refractivity contribution in [2.24, 2.45) is 28.3 Å². The summed E-state index contributed by atoms with van der Waals surface area (Å²) in [5.74, 6) is 1.79. The van der Waals surface area contributed by atoms with E-state index in [1.165, 1.54) is 6.42 Å². The van der Waals surface area contributed by atoms with Crippen LogP contribution in [0.3, 0.4) is 0 Å². The highest BCUT2D eigenvalue weighted by Crippen LogP contribution is 2.58. The number of hydrogen-bond acceptors (Lipinski definition) is 2. The van der Waals surface area contributed by atoms with Gasteiger partial charge < -0.3 is 5.21 Å². The first-order chi connectivity index (χ1) is 7.65. The molecule has 2 nitrogen and oxygen atoms in total. The highest BCUT2D eigenvalue weighted by atomic mass is 16.4. The lowest BCUT2D eigenvalue weighted by Gasteiger charge is -2.56. The quantitative estimate of drug-likeness (QED) is 0.438. The summed E-state index contributed by atoms with van der Waals surface area (Å²) in [5.41, 5.74) is 1.28. The minimum absolute atomic E-state index is 0.197. The largest absolute Gasteiger partial charge is 0.411 e. The molecular formula is C14H23NO. The van der Waals surface area contributed by atoms with Crippen molar-refractivity contribution in [2.45, 2.75) is 46.5 Å². The molecule has 16 heavy (non-hydrogen) atoms. The van der Waals surface area contributed by atoms with Gasteiger partial charge in [-0.3, -0.25) is 0 Å². The molecular weight excluding hydrogens is 198 g/mol. The van der Waals surface area contributed by atoms with E-state index in [0.717, 1.165) is 25.0 Å². The smallest absolute Gasteiger partial charge is 0.0675 e. The van der Waals surface area contributed by atoms with Gasteiger partial charge in [-0.2, -0.15) is 0 Å². The van der Waals surface area contributed by atoms with Gasteiger partial charge in [-0.15, -0.1) is 0 Å². The van der Waals surface area contributed by atoms with Gasteiger partial charge in [0.25, 0.3) is 0 Å². The summed E-state index contributed by atoms with van der Waals surface area (Å²) in [7, 11) is 0. The van der Waals surface area contributed by atoms with Gasteiger partial charge in [0, 0.05) is 11.3 Å². The predicted molar refractivity (Wildman–Crippen MR) is 66.8 cm³/mol. The Balaban J connectivity index is 2.24. The molecule has 1 fully saturated rings. The molecule has 2 rings (SSSR count). The van der Waals surface area contributed by atoms with E-state index in [-0.39, 0.29) is 5.41 Å². The monoisotopic (exact) mass is 221 g/mol. The number of nitrogens with zero attached hydrogens (tertiary/aromatic N) is 1. The number of fused-ring (bicyclic) bond motifs is 1. The second-order valence-corrected chi connectivity index (χ2v) is 5.72. The second-order valence-electron chi connectivity index (χ2n) is 5.72. The fourth-order valence-corrected chi connectivity index (χ4v) is 3.73. The SMILES string of the molecule is CCC12CCC=CC1C(CC(C)C)/C2=N\O. The maximum absolute atomic E-state index is 9.27. The molecule has 1 N–H and O–H groups in total. The van der Waals surface area contributed by atoms with Crippen LogP contribution in [-0.4, -0.2) is 10.9 Å². The molecule has 0 bridgehead atoms. The second kappa shape index (κ2) is 4.23. The molecule has 1 saturated carbocycles. The highest BCUT2D eigenvalue weighted by molar-refractivity contribution is 5.99. The number of rotatable bonds is 3. The summed E-state index contributed by atoms with van der Waals surface area (Å²) in [5, 5.41) is 12.9. The lowest BCUT2D eigenvalue weighted by Crippen LogP contribution is -2.58. The highest BCUT2D eigenvalue weighted by Gasteiger charge is 2.57. The molecule has 90 valence electrons. The maximum atomic E-state index is 9.27. The molecule has 3 atom stereocenters. The third kappa shape index (κ3) is 1.50. The van der Waals surface area contributed by atoms with E-state index in [1.54, 1.807) is 0 Å².